The minimum absolute atomic E-state index is 0.216. The van der Waals surface area contributed by atoms with E-state index < -0.39 is 11.8 Å². The average Bonchev–Trinajstić information content (AvgIpc) is 3.19. The van der Waals surface area contributed by atoms with Crippen molar-refractivity contribution in [3.63, 3.8) is 0 Å². The van der Waals surface area contributed by atoms with E-state index in [-0.39, 0.29) is 12.0 Å². The lowest BCUT2D eigenvalue weighted by atomic mass is 9.91. The Morgan fingerprint density at radius 3 is 2.91 bits per heavy atom. The maximum atomic E-state index is 12.6. The summed E-state index contributed by atoms with van der Waals surface area (Å²) in [6.07, 6.45) is 4.53. The molecule has 23 heavy (non-hydrogen) atoms. The number of hydrogen-bond donors (Lipinski definition) is 1. The second kappa shape index (κ2) is 6.23. The molecule has 122 valence electrons. The van der Waals surface area contributed by atoms with Gasteiger partial charge in [-0.2, -0.15) is 10.1 Å². The van der Waals surface area contributed by atoms with Gasteiger partial charge < -0.3 is 9.32 Å². The van der Waals surface area contributed by atoms with E-state index in [1.54, 1.807) is 24.3 Å². The number of likely N-dealkylation sites (tertiary alicyclic amines) is 1. The molecule has 0 unspecified atom stereocenters. The number of piperidine rings is 1. The molecule has 2 aromatic heterocycles. The lowest BCUT2D eigenvalue weighted by Gasteiger charge is -2.36. The summed E-state index contributed by atoms with van der Waals surface area (Å²) in [5.74, 6) is 0.115. The lowest BCUT2D eigenvalue weighted by Crippen LogP contribution is -2.45. The van der Waals surface area contributed by atoms with E-state index in [0.717, 1.165) is 12.8 Å². The Labute approximate surface area is 133 Å². The SMILES string of the molecule is C[C@H]1CCN(C(=O)C(=O)Nc2ncnn2C)[C@H](c2ccco2)C1. The largest absolute Gasteiger partial charge is 0.467 e. The molecule has 0 aliphatic carbocycles. The van der Waals surface area contributed by atoms with Gasteiger partial charge in [0, 0.05) is 13.6 Å². The van der Waals surface area contributed by atoms with Crippen LogP contribution in [0.4, 0.5) is 5.95 Å². The van der Waals surface area contributed by atoms with Gasteiger partial charge in [-0.25, -0.2) is 4.68 Å². The molecule has 1 fully saturated rings. The predicted molar refractivity (Wildman–Crippen MR) is 81.2 cm³/mol. The first-order chi connectivity index (χ1) is 11.1. The van der Waals surface area contributed by atoms with Gasteiger partial charge in [0.05, 0.1) is 12.3 Å². The summed E-state index contributed by atoms with van der Waals surface area (Å²) >= 11 is 0. The Morgan fingerprint density at radius 1 is 1.43 bits per heavy atom. The smallest absolute Gasteiger partial charge is 0.316 e. The number of amides is 2. The molecule has 0 bridgehead atoms. The van der Waals surface area contributed by atoms with Crippen molar-refractivity contribution in [1.29, 1.82) is 0 Å². The number of furan rings is 1. The van der Waals surface area contributed by atoms with Crippen molar-refractivity contribution < 1.29 is 14.0 Å². The van der Waals surface area contributed by atoms with Crippen molar-refractivity contribution in [1.82, 2.24) is 19.7 Å². The van der Waals surface area contributed by atoms with E-state index in [2.05, 4.69) is 22.3 Å². The number of nitrogens with one attached hydrogen (secondary N) is 1. The van der Waals surface area contributed by atoms with E-state index in [1.807, 2.05) is 6.07 Å². The van der Waals surface area contributed by atoms with E-state index in [4.69, 9.17) is 4.42 Å². The average molecular weight is 317 g/mol. The van der Waals surface area contributed by atoms with Crippen LogP contribution in [0.25, 0.3) is 0 Å². The van der Waals surface area contributed by atoms with Gasteiger partial charge in [0.15, 0.2) is 0 Å². The fraction of sp³-hybridized carbons (Fsp3) is 0.467. The normalized spacial score (nSPS) is 21.2. The number of hydrogen-bond acceptors (Lipinski definition) is 5. The molecule has 0 radical (unpaired) electrons. The van der Waals surface area contributed by atoms with Crippen LogP contribution in [0.3, 0.4) is 0 Å². The molecule has 1 saturated heterocycles. The van der Waals surface area contributed by atoms with Crippen LogP contribution in [-0.4, -0.2) is 38.0 Å². The monoisotopic (exact) mass is 317 g/mol. The predicted octanol–water partition coefficient (Wildman–Crippen LogP) is 1.35. The Balaban J connectivity index is 1.76. The third-order valence-corrected chi connectivity index (χ3v) is 4.13. The highest BCUT2D eigenvalue weighted by atomic mass is 16.3. The minimum atomic E-state index is -0.716. The number of rotatable bonds is 2. The van der Waals surface area contributed by atoms with Crippen LogP contribution in [0, 0.1) is 5.92 Å². The first kappa shape index (κ1) is 15.3. The third-order valence-electron chi connectivity index (χ3n) is 4.13. The van der Waals surface area contributed by atoms with Crippen LogP contribution in [0.2, 0.25) is 0 Å². The van der Waals surface area contributed by atoms with Crippen LogP contribution >= 0.6 is 0 Å². The van der Waals surface area contributed by atoms with Gasteiger partial charge in [-0.1, -0.05) is 6.92 Å². The van der Waals surface area contributed by atoms with Crippen molar-refractivity contribution >= 4 is 17.8 Å². The van der Waals surface area contributed by atoms with Gasteiger partial charge in [-0.15, -0.1) is 0 Å². The van der Waals surface area contributed by atoms with Gasteiger partial charge in [0.25, 0.3) is 0 Å². The first-order valence-corrected chi connectivity index (χ1v) is 7.55. The molecule has 2 amide bonds. The highest BCUT2D eigenvalue weighted by Crippen LogP contribution is 2.34. The number of aryl methyl sites for hydroxylation is 1. The molecule has 1 aliphatic rings. The zero-order valence-corrected chi connectivity index (χ0v) is 13.1. The number of carbonyl (C=O) groups excluding carboxylic acids is 2. The third kappa shape index (κ3) is 3.10. The zero-order valence-electron chi connectivity index (χ0n) is 13.1. The lowest BCUT2D eigenvalue weighted by molar-refractivity contribution is -0.146. The summed E-state index contributed by atoms with van der Waals surface area (Å²) in [6.45, 7) is 2.66. The molecule has 8 heteroatoms. The van der Waals surface area contributed by atoms with Gasteiger partial charge in [0.1, 0.15) is 12.1 Å². The maximum absolute atomic E-state index is 12.6. The minimum Gasteiger partial charge on any atom is -0.467 e. The summed E-state index contributed by atoms with van der Waals surface area (Å²) in [5.41, 5.74) is 0. The van der Waals surface area contributed by atoms with Gasteiger partial charge in [-0.3, -0.25) is 14.9 Å². The van der Waals surface area contributed by atoms with E-state index in [9.17, 15) is 9.59 Å². The van der Waals surface area contributed by atoms with Crippen LogP contribution in [0.15, 0.2) is 29.1 Å². The van der Waals surface area contributed by atoms with E-state index >= 15 is 0 Å². The Hall–Kier alpha value is -2.64. The summed E-state index contributed by atoms with van der Waals surface area (Å²) in [6, 6.07) is 3.41. The number of aromatic nitrogens is 3. The molecule has 0 spiro atoms. The first-order valence-electron chi connectivity index (χ1n) is 7.55. The maximum Gasteiger partial charge on any atom is 0.316 e. The fourth-order valence-corrected chi connectivity index (χ4v) is 2.83. The van der Waals surface area contributed by atoms with Crippen molar-refractivity contribution in [3.05, 3.63) is 30.5 Å². The standard InChI is InChI=1S/C15H19N5O3/c1-10-5-6-20(11(8-10)12-4-3-7-23-12)14(22)13(21)18-15-16-9-17-19(15)2/h3-4,7,9-11H,5-6,8H2,1-2H3,(H,16,17,18,21)/t10-,11-/m0/s1. The summed E-state index contributed by atoms with van der Waals surface area (Å²) < 4.78 is 6.85. The quantitative estimate of drug-likeness (QED) is 0.844. The molecular formula is C15H19N5O3. The second-order valence-corrected chi connectivity index (χ2v) is 5.82. The van der Waals surface area contributed by atoms with Gasteiger partial charge in [0.2, 0.25) is 5.95 Å². The molecule has 8 nitrogen and oxygen atoms in total. The van der Waals surface area contributed by atoms with Crippen molar-refractivity contribution in [2.45, 2.75) is 25.8 Å². The summed E-state index contributed by atoms with van der Waals surface area (Å²) in [4.78, 5) is 30.3. The van der Waals surface area contributed by atoms with Gasteiger partial charge in [-0.05, 0) is 30.9 Å². The van der Waals surface area contributed by atoms with Crippen LogP contribution in [0.5, 0.6) is 0 Å². The Kier molecular flexibility index (Phi) is 4.14. The molecule has 2 atom stereocenters. The highest BCUT2D eigenvalue weighted by molar-refractivity contribution is 6.39. The molecule has 2 aromatic rings. The number of nitrogens with zero attached hydrogens (tertiary/aromatic N) is 4. The van der Waals surface area contributed by atoms with Crippen molar-refractivity contribution in [2.75, 3.05) is 11.9 Å². The molecule has 0 aromatic carbocycles. The Morgan fingerprint density at radius 2 is 2.26 bits per heavy atom. The molecular weight excluding hydrogens is 298 g/mol. The second-order valence-electron chi connectivity index (χ2n) is 5.82. The van der Waals surface area contributed by atoms with Crippen molar-refractivity contribution in [3.8, 4) is 0 Å². The zero-order chi connectivity index (χ0) is 16.4. The molecule has 1 aliphatic heterocycles. The van der Waals surface area contributed by atoms with Crippen LogP contribution in [0.1, 0.15) is 31.6 Å². The van der Waals surface area contributed by atoms with E-state index in [1.165, 1.54) is 11.0 Å². The number of carbonyl (C=O) groups is 2. The molecule has 3 heterocycles. The van der Waals surface area contributed by atoms with Crippen LogP contribution in [-0.2, 0) is 16.6 Å². The summed E-state index contributed by atoms with van der Waals surface area (Å²) in [5, 5.41) is 6.35. The summed E-state index contributed by atoms with van der Waals surface area (Å²) in [7, 11) is 1.64. The molecule has 0 saturated carbocycles. The topological polar surface area (TPSA) is 93.3 Å². The molecule has 1 N–H and O–H groups in total. The highest BCUT2D eigenvalue weighted by Gasteiger charge is 2.35. The van der Waals surface area contributed by atoms with Crippen molar-refractivity contribution in [2.24, 2.45) is 13.0 Å². The van der Waals surface area contributed by atoms with Crippen LogP contribution < -0.4 is 5.32 Å². The fourth-order valence-electron chi connectivity index (χ4n) is 2.83. The Bertz CT molecular complexity index is 694. The van der Waals surface area contributed by atoms with E-state index in [0.29, 0.717) is 18.2 Å². The molecule has 3 rings (SSSR count). The number of anilines is 1. The van der Waals surface area contributed by atoms with Gasteiger partial charge >= 0.3 is 11.8 Å².